The van der Waals surface area contributed by atoms with Crippen LogP contribution in [0.1, 0.15) is 43.0 Å². The van der Waals surface area contributed by atoms with E-state index in [-0.39, 0.29) is 28.3 Å². The normalized spacial score (nSPS) is 22.3. The number of nitro benzene ring substituents is 1. The second-order valence-electron chi connectivity index (χ2n) is 5.10. The number of ether oxygens (including phenoxy) is 1. The number of halogens is 1. The lowest BCUT2D eigenvalue weighted by Crippen LogP contribution is -2.28. The maximum atomic E-state index is 12.2. The van der Waals surface area contributed by atoms with E-state index in [1.165, 1.54) is 18.2 Å². The largest absolute Gasteiger partial charge is 0.458 e. The van der Waals surface area contributed by atoms with E-state index in [4.69, 9.17) is 16.3 Å². The number of para-hydroxylation sites is 1. The van der Waals surface area contributed by atoms with Crippen molar-refractivity contribution in [1.82, 2.24) is 0 Å². The van der Waals surface area contributed by atoms with E-state index < -0.39 is 10.9 Å². The van der Waals surface area contributed by atoms with Crippen molar-refractivity contribution < 1.29 is 14.5 Å². The third-order valence-corrected chi connectivity index (χ3v) is 3.99. The predicted molar refractivity (Wildman–Crippen MR) is 74.9 cm³/mol. The van der Waals surface area contributed by atoms with E-state index in [0.29, 0.717) is 0 Å². The van der Waals surface area contributed by atoms with Gasteiger partial charge >= 0.3 is 11.7 Å². The zero-order valence-electron chi connectivity index (χ0n) is 11.2. The first-order valence-corrected chi connectivity index (χ1v) is 7.02. The van der Waals surface area contributed by atoms with Crippen LogP contribution in [0.15, 0.2) is 18.2 Å². The van der Waals surface area contributed by atoms with Crippen LogP contribution in [0.25, 0.3) is 0 Å². The van der Waals surface area contributed by atoms with Crippen molar-refractivity contribution in [2.75, 3.05) is 0 Å². The van der Waals surface area contributed by atoms with Crippen LogP contribution in [0.5, 0.6) is 0 Å². The summed E-state index contributed by atoms with van der Waals surface area (Å²) in [5.74, 6) is -0.385. The van der Waals surface area contributed by atoms with E-state index >= 15 is 0 Å². The van der Waals surface area contributed by atoms with Crippen LogP contribution in [0, 0.1) is 16.0 Å². The molecule has 1 fully saturated rings. The van der Waals surface area contributed by atoms with Gasteiger partial charge in [0, 0.05) is 0 Å². The van der Waals surface area contributed by atoms with Crippen molar-refractivity contribution in [2.45, 2.75) is 38.7 Å². The van der Waals surface area contributed by atoms with Gasteiger partial charge in [0.05, 0.1) is 4.92 Å². The average molecular weight is 298 g/mol. The van der Waals surface area contributed by atoms with Gasteiger partial charge in [-0.1, -0.05) is 31.0 Å². The van der Waals surface area contributed by atoms with E-state index in [9.17, 15) is 14.9 Å². The minimum absolute atomic E-state index is 0.0545. The molecule has 1 aromatic rings. The van der Waals surface area contributed by atoms with Crippen molar-refractivity contribution in [2.24, 2.45) is 5.92 Å². The van der Waals surface area contributed by atoms with Gasteiger partial charge in [0.1, 0.15) is 16.7 Å². The third kappa shape index (κ3) is 3.10. The molecule has 0 heterocycles. The molecule has 2 atom stereocenters. The van der Waals surface area contributed by atoms with Gasteiger partial charge in [-0.05, 0) is 37.3 Å². The Morgan fingerprint density at radius 3 is 2.75 bits per heavy atom. The summed E-state index contributed by atoms with van der Waals surface area (Å²) in [5.41, 5.74) is -0.470. The zero-order valence-corrected chi connectivity index (χ0v) is 11.9. The second kappa shape index (κ2) is 6.22. The number of nitrogens with zero attached hydrogens (tertiary/aromatic N) is 1. The molecule has 2 unspecified atom stereocenters. The standard InChI is InChI=1S/C14H16ClNO4/c1-9-5-2-3-8-12(9)20-14(17)10-6-4-7-11(15)13(10)16(18)19/h4,6-7,9,12H,2-3,5,8H2,1H3. The molecule has 5 nitrogen and oxygen atoms in total. The predicted octanol–water partition coefficient (Wildman–Crippen LogP) is 3.98. The number of rotatable bonds is 3. The molecule has 0 N–H and O–H groups in total. The quantitative estimate of drug-likeness (QED) is 0.480. The van der Waals surface area contributed by atoms with Crippen LogP contribution in [-0.2, 0) is 4.74 Å². The minimum atomic E-state index is -0.669. The van der Waals surface area contributed by atoms with E-state index in [1.807, 2.05) is 6.92 Å². The smallest absolute Gasteiger partial charge is 0.345 e. The first-order chi connectivity index (χ1) is 9.50. The van der Waals surface area contributed by atoms with Gasteiger partial charge in [-0.3, -0.25) is 10.1 Å². The molecule has 20 heavy (non-hydrogen) atoms. The highest BCUT2D eigenvalue weighted by atomic mass is 35.5. The Kier molecular flexibility index (Phi) is 4.60. The Bertz CT molecular complexity index is 532. The maximum absolute atomic E-state index is 12.2. The van der Waals surface area contributed by atoms with Crippen molar-refractivity contribution in [3.63, 3.8) is 0 Å². The highest BCUT2D eigenvalue weighted by molar-refractivity contribution is 6.33. The van der Waals surface area contributed by atoms with Crippen LogP contribution < -0.4 is 0 Å². The summed E-state index contributed by atoms with van der Waals surface area (Å²) >= 11 is 5.79. The first kappa shape index (κ1) is 14.8. The maximum Gasteiger partial charge on any atom is 0.345 e. The fourth-order valence-corrected chi connectivity index (χ4v) is 2.77. The molecule has 1 aliphatic rings. The average Bonchev–Trinajstić information content (AvgIpc) is 2.40. The van der Waals surface area contributed by atoms with Gasteiger partial charge < -0.3 is 4.74 Å². The molecule has 6 heteroatoms. The summed E-state index contributed by atoms with van der Waals surface area (Å²) in [5, 5.41) is 11.0. The van der Waals surface area contributed by atoms with Crippen molar-refractivity contribution in [1.29, 1.82) is 0 Å². The monoisotopic (exact) mass is 297 g/mol. The van der Waals surface area contributed by atoms with E-state index in [0.717, 1.165) is 25.7 Å². The lowest BCUT2D eigenvalue weighted by Gasteiger charge is -2.28. The highest BCUT2D eigenvalue weighted by Crippen LogP contribution is 2.31. The fraction of sp³-hybridized carbons (Fsp3) is 0.500. The molecule has 1 aromatic carbocycles. The Morgan fingerprint density at radius 2 is 2.10 bits per heavy atom. The first-order valence-electron chi connectivity index (χ1n) is 6.64. The summed E-state index contributed by atoms with van der Waals surface area (Å²) < 4.78 is 5.43. The molecule has 0 radical (unpaired) electrons. The molecule has 108 valence electrons. The number of nitro groups is 1. The molecular weight excluding hydrogens is 282 g/mol. The number of esters is 1. The summed E-state index contributed by atoms with van der Waals surface area (Å²) in [6, 6.07) is 4.27. The van der Waals surface area contributed by atoms with Gasteiger partial charge in [0.15, 0.2) is 0 Å². The van der Waals surface area contributed by atoms with Gasteiger partial charge in [-0.25, -0.2) is 4.79 Å². The van der Waals surface area contributed by atoms with E-state index in [2.05, 4.69) is 0 Å². The number of carbonyl (C=O) groups is 1. The number of hydrogen-bond donors (Lipinski definition) is 0. The van der Waals surface area contributed by atoms with Gasteiger partial charge in [0.25, 0.3) is 0 Å². The molecule has 1 saturated carbocycles. The fourth-order valence-electron chi connectivity index (χ4n) is 2.52. The highest BCUT2D eigenvalue weighted by Gasteiger charge is 2.29. The van der Waals surface area contributed by atoms with Gasteiger partial charge in [-0.15, -0.1) is 0 Å². The van der Waals surface area contributed by atoms with Crippen molar-refractivity contribution in [3.05, 3.63) is 38.9 Å². The van der Waals surface area contributed by atoms with Gasteiger partial charge in [-0.2, -0.15) is 0 Å². The molecule has 0 amide bonds. The minimum Gasteiger partial charge on any atom is -0.458 e. The number of benzene rings is 1. The topological polar surface area (TPSA) is 69.4 Å². The van der Waals surface area contributed by atoms with Crippen LogP contribution in [0.2, 0.25) is 5.02 Å². The molecule has 0 bridgehead atoms. The van der Waals surface area contributed by atoms with Crippen LogP contribution in [-0.4, -0.2) is 17.0 Å². The van der Waals surface area contributed by atoms with Gasteiger partial charge in [0.2, 0.25) is 0 Å². The Morgan fingerprint density at radius 1 is 1.40 bits per heavy atom. The summed E-state index contributed by atoms with van der Waals surface area (Å²) in [4.78, 5) is 22.5. The molecule has 0 spiro atoms. The molecule has 0 aromatic heterocycles. The van der Waals surface area contributed by atoms with E-state index in [1.54, 1.807) is 0 Å². The molecule has 2 rings (SSSR count). The molecule has 0 aliphatic heterocycles. The number of hydrogen-bond acceptors (Lipinski definition) is 4. The van der Waals surface area contributed by atoms with Crippen molar-refractivity contribution >= 4 is 23.3 Å². The summed E-state index contributed by atoms with van der Waals surface area (Å²) in [6.45, 7) is 2.03. The SMILES string of the molecule is CC1CCCCC1OC(=O)c1cccc(Cl)c1[N+](=O)[O-]. The Balaban J connectivity index is 2.21. The zero-order chi connectivity index (χ0) is 14.7. The Labute approximate surface area is 122 Å². The second-order valence-corrected chi connectivity index (χ2v) is 5.51. The van der Waals surface area contributed by atoms with Crippen LogP contribution >= 0.6 is 11.6 Å². The van der Waals surface area contributed by atoms with Crippen molar-refractivity contribution in [3.8, 4) is 0 Å². The molecule has 0 saturated heterocycles. The Hall–Kier alpha value is -1.62. The molecular formula is C14H16ClNO4. The lowest BCUT2D eigenvalue weighted by molar-refractivity contribution is -0.385. The lowest BCUT2D eigenvalue weighted by atomic mass is 9.88. The summed E-state index contributed by atoms with van der Waals surface area (Å²) in [6.07, 6.45) is 3.79. The van der Waals surface area contributed by atoms with Crippen LogP contribution in [0.3, 0.4) is 0 Å². The summed E-state index contributed by atoms with van der Waals surface area (Å²) in [7, 11) is 0. The molecule has 1 aliphatic carbocycles. The van der Waals surface area contributed by atoms with Crippen LogP contribution in [0.4, 0.5) is 5.69 Å². The number of carbonyl (C=O) groups excluding carboxylic acids is 1. The third-order valence-electron chi connectivity index (χ3n) is 3.68.